The lowest BCUT2D eigenvalue weighted by Gasteiger charge is -2.12. The van der Waals surface area contributed by atoms with E-state index in [1.54, 1.807) is 11.8 Å². The van der Waals surface area contributed by atoms with Crippen molar-refractivity contribution < 1.29 is 19.1 Å². The molecule has 7 heteroatoms. The van der Waals surface area contributed by atoms with Crippen LogP contribution < -0.4 is 14.8 Å². The molecule has 7 nitrogen and oxygen atoms in total. The lowest BCUT2D eigenvalue weighted by atomic mass is 10.0. The van der Waals surface area contributed by atoms with Crippen molar-refractivity contribution in [3.63, 3.8) is 0 Å². The van der Waals surface area contributed by atoms with Crippen molar-refractivity contribution in [2.75, 3.05) is 12.4 Å². The van der Waals surface area contributed by atoms with Gasteiger partial charge in [0, 0.05) is 24.1 Å². The fraction of sp³-hybridized carbons (Fsp3) is 0.207. The molecular formula is C29H29N3O4. The summed E-state index contributed by atoms with van der Waals surface area (Å²) in [6.07, 6.45) is 0. The van der Waals surface area contributed by atoms with Crippen molar-refractivity contribution in [1.82, 2.24) is 9.78 Å². The number of esters is 1. The minimum absolute atomic E-state index is 0.0605. The molecule has 0 radical (unpaired) electrons. The highest BCUT2D eigenvalue weighted by Crippen LogP contribution is 2.41. The smallest absolute Gasteiger partial charge is 0.309 e. The van der Waals surface area contributed by atoms with E-state index in [-0.39, 0.29) is 11.8 Å². The first-order valence-corrected chi connectivity index (χ1v) is 11.7. The van der Waals surface area contributed by atoms with Gasteiger partial charge >= 0.3 is 5.97 Å². The molecular weight excluding hydrogens is 454 g/mol. The first kappa shape index (κ1) is 24.7. The van der Waals surface area contributed by atoms with E-state index < -0.39 is 5.97 Å². The number of aromatic nitrogens is 2. The Hall–Kier alpha value is -4.39. The molecule has 0 aliphatic rings. The summed E-state index contributed by atoms with van der Waals surface area (Å²) in [7, 11) is 1.62. The van der Waals surface area contributed by atoms with Crippen LogP contribution in [0.3, 0.4) is 0 Å². The average Bonchev–Trinajstić information content (AvgIpc) is 3.23. The van der Waals surface area contributed by atoms with Crippen LogP contribution in [0.1, 0.15) is 26.3 Å². The Morgan fingerprint density at radius 1 is 0.917 bits per heavy atom. The van der Waals surface area contributed by atoms with E-state index >= 15 is 0 Å². The fourth-order valence-corrected chi connectivity index (χ4v) is 3.82. The van der Waals surface area contributed by atoms with Crippen LogP contribution in [0, 0.1) is 12.8 Å². The third kappa shape index (κ3) is 5.15. The van der Waals surface area contributed by atoms with Gasteiger partial charge in [-0.3, -0.25) is 9.59 Å². The molecule has 0 bridgehead atoms. The Kier molecular flexibility index (Phi) is 7.20. The summed E-state index contributed by atoms with van der Waals surface area (Å²) < 4.78 is 12.8. The van der Waals surface area contributed by atoms with Crippen LogP contribution in [0.4, 0.5) is 5.69 Å². The maximum absolute atomic E-state index is 12.2. The van der Waals surface area contributed by atoms with Gasteiger partial charge in [-0.15, -0.1) is 0 Å². The Bertz CT molecular complexity index is 1390. The molecule has 0 saturated heterocycles. The number of hydrogen-bond acceptors (Lipinski definition) is 5. The van der Waals surface area contributed by atoms with Gasteiger partial charge in [-0.1, -0.05) is 44.2 Å². The average molecular weight is 484 g/mol. The lowest BCUT2D eigenvalue weighted by Crippen LogP contribution is -2.17. The molecule has 3 aromatic carbocycles. The van der Waals surface area contributed by atoms with Crippen LogP contribution in [-0.4, -0.2) is 28.8 Å². The highest BCUT2D eigenvalue weighted by Gasteiger charge is 2.25. The third-order valence-electron chi connectivity index (χ3n) is 5.76. The number of methoxy groups -OCH3 is 1. The van der Waals surface area contributed by atoms with Gasteiger partial charge in [0.2, 0.25) is 11.8 Å². The Balaban J connectivity index is 1.92. The molecule has 0 aliphatic heterocycles. The Morgan fingerprint density at radius 2 is 1.56 bits per heavy atom. The molecule has 184 valence electrons. The summed E-state index contributed by atoms with van der Waals surface area (Å²) in [4.78, 5) is 24.3. The van der Waals surface area contributed by atoms with Crippen LogP contribution in [0.15, 0.2) is 72.8 Å². The number of rotatable bonds is 7. The summed E-state index contributed by atoms with van der Waals surface area (Å²) >= 11 is 0. The summed E-state index contributed by atoms with van der Waals surface area (Å²) in [6, 6.07) is 22.8. The number of anilines is 1. The summed E-state index contributed by atoms with van der Waals surface area (Å²) in [5.74, 6) is 0.405. The van der Waals surface area contributed by atoms with E-state index in [9.17, 15) is 9.59 Å². The van der Waals surface area contributed by atoms with Crippen molar-refractivity contribution in [2.45, 2.75) is 27.7 Å². The van der Waals surface area contributed by atoms with E-state index in [0.29, 0.717) is 22.8 Å². The zero-order chi connectivity index (χ0) is 25.8. The van der Waals surface area contributed by atoms with Gasteiger partial charge in [-0.05, 0) is 60.5 Å². The standard InChI is InChI=1S/C29H29N3O4/c1-18(2)28(34)30-23-14-10-21(11-15-23)26-27(22-12-16-24(35-5)17-13-22)31-32(29(26)36-20(4)33)25-9-7-6-8-19(25)3/h6-18H,1-5H3,(H,30,34). The summed E-state index contributed by atoms with van der Waals surface area (Å²) in [6.45, 7) is 7.04. The summed E-state index contributed by atoms with van der Waals surface area (Å²) in [5.41, 5.74) is 5.41. The van der Waals surface area contributed by atoms with Gasteiger partial charge in [0.25, 0.3) is 0 Å². The highest BCUT2D eigenvalue weighted by molar-refractivity contribution is 5.93. The number of para-hydroxylation sites is 1. The second kappa shape index (κ2) is 10.5. The number of carbonyl (C=O) groups is 2. The third-order valence-corrected chi connectivity index (χ3v) is 5.76. The molecule has 4 aromatic rings. The van der Waals surface area contributed by atoms with Gasteiger partial charge in [-0.25, -0.2) is 0 Å². The number of nitrogens with one attached hydrogen (secondary N) is 1. The second-order valence-corrected chi connectivity index (χ2v) is 8.77. The molecule has 0 fully saturated rings. The van der Waals surface area contributed by atoms with Gasteiger partial charge < -0.3 is 14.8 Å². The van der Waals surface area contributed by atoms with Gasteiger partial charge in [0.15, 0.2) is 0 Å². The molecule has 4 rings (SSSR count). The first-order chi connectivity index (χ1) is 17.3. The van der Waals surface area contributed by atoms with Crippen molar-refractivity contribution in [2.24, 2.45) is 5.92 Å². The monoisotopic (exact) mass is 483 g/mol. The molecule has 1 amide bonds. The number of nitrogens with zero attached hydrogens (tertiary/aromatic N) is 2. The molecule has 0 saturated carbocycles. The number of amides is 1. The minimum atomic E-state index is -0.451. The molecule has 36 heavy (non-hydrogen) atoms. The van der Waals surface area contributed by atoms with Crippen LogP contribution in [0.2, 0.25) is 0 Å². The Labute approximate surface area is 210 Å². The first-order valence-electron chi connectivity index (χ1n) is 11.7. The SMILES string of the molecule is COc1ccc(-c2nn(-c3ccccc3C)c(OC(C)=O)c2-c2ccc(NC(=O)C(C)C)cc2)cc1. The molecule has 1 aromatic heterocycles. The molecule has 0 aliphatic carbocycles. The van der Waals surface area contributed by atoms with E-state index in [1.165, 1.54) is 6.92 Å². The minimum Gasteiger partial charge on any atom is -0.497 e. The largest absolute Gasteiger partial charge is 0.497 e. The van der Waals surface area contributed by atoms with E-state index in [1.807, 2.05) is 93.6 Å². The van der Waals surface area contributed by atoms with Crippen LogP contribution in [-0.2, 0) is 9.59 Å². The van der Waals surface area contributed by atoms with Crippen LogP contribution in [0.5, 0.6) is 11.6 Å². The Morgan fingerprint density at radius 3 is 2.14 bits per heavy atom. The molecule has 1 N–H and O–H groups in total. The van der Waals surface area contributed by atoms with Crippen molar-refractivity contribution in [3.8, 4) is 39.7 Å². The zero-order valence-corrected chi connectivity index (χ0v) is 21.0. The van der Waals surface area contributed by atoms with Gasteiger partial charge in [0.05, 0.1) is 18.4 Å². The van der Waals surface area contributed by atoms with Crippen molar-refractivity contribution in [3.05, 3.63) is 78.4 Å². The molecule has 0 atom stereocenters. The van der Waals surface area contributed by atoms with Crippen LogP contribution in [0.25, 0.3) is 28.1 Å². The number of ether oxygens (including phenoxy) is 2. The quantitative estimate of drug-likeness (QED) is 0.324. The number of aryl methyl sites for hydroxylation is 1. The van der Waals surface area contributed by atoms with Gasteiger partial charge in [-0.2, -0.15) is 9.78 Å². The maximum Gasteiger partial charge on any atom is 0.309 e. The molecule has 1 heterocycles. The highest BCUT2D eigenvalue weighted by atomic mass is 16.5. The predicted octanol–water partition coefficient (Wildman–Crippen LogP) is 6.04. The van der Waals surface area contributed by atoms with E-state index in [2.05, 4.69) is 5.32 Å². The summed E-state index contributed by atoms with van der Waals surface area (Å²) in [5, 5.41) is 7.82. The van der Waals surface area contributed by atoms with E-state index in [4.69, 9.17) is 14.6 Å². The van der Waals surface area contributed by atoms with Gasteiger partial charge in [0.1, 0.15) is 11.4 Å². The van der Waals surface area contributed by atoms with Crippen molar-refractivity contribution >= 4 is 17.6 Å². The predicted molar refractivity (Wildman–Crippen MR) is 141 cm³/mol. The normalized spacial score (nSPS) is 10.8. The van der Waals surface area contributed by atoms with Crippen LogP contribution >= 0.6 is 0 Å². The zero-order valence-electron chi connectivity index (χ0n) is 21.0. The molecule has 0 spiro atoms. The fourth-order valence-electron chi connectivity index (χ4n) is 3.82. The maximum atomic E-state index is 12.2. The number of benzene rings is 3. The lowest BCUT2D eigenvalue weighted by molar-refractivity contribution is -0.132. The number of carbonyl (C=O) groups excluding carboxylic acids is 2. The van der Waals surface area contributed by atoms with E-state index in [0.717, 1.165) is 28.1 Å². The van der Waals surface area contributed by atoms with Crippen molar-refractivity contribution in [1.29, 1.82) is 0 Å². The number of hydrogen-bond donors (Lipinski definition) is 1. The second-order valence-electron chi connectivity index (χ2n) is 8.77. The molecule has 0 unspecified atom stereocenters. The topological polar surface area (TPSA) is 82.4 Å².